The monoisotopic (exact) mass is 432 g/mol. The molecule has 4 rings (SSSR count). The fourth-order valence-electron chi connectivity index (χ4n) is 2.53. The molecule has 132 valence electrons. The van der Waals surface area contributed by atoms with Gasteiger partial charge in [-0.3, -0.25) is 14.5 Å². The molecule has 0 spiro atoms. The Balaban J connectivity index is 1.47. The molecule has 2 heterocycles. The molecule has 8 heteroatoms. The van der Waals surface area contributed by atoms with Crippen molar-refractivity contribution in [2.24, 2.45) is 0 Å². The van der Waals surface area contributed by atoms with Gasteiger partial charge in [-0.15, -0.1) is 0 Å². The minimum Gasteiger partial charge on any atom is -0.454 e. The highest BCUT2D eigenvalue weighted by atomic mass is 79.9. The van der Waals surface area contributed by atoms with E-state index in [1.807, 2.05) is 30.3 Å². The van der Waals surface area contributed by atoms with Gasteiger partial charge in [-0.2, -0.15) is 0 Å². The molecule has 0 aromatic heterocycles. The summed E-state index contributed by atoms with van der Waals surface area (Å²) in [5.41, 5.74) is 1.60. The number of amides is 2. The van der Waals surface area contributed by atoms with Crippen LogP contribution in [0, 0.1) is 0 Å². The number of thioether (sulfide) groups is 1. The summed E-state index contributed by atoms with van der Waals surface area (Å²) >= 11 is 4.29. The van der Waals surface area contributed by atoms with Crippen molar-refractivity contribution >= 4 is 50.6 Å². The van der Waals surface area contributed by atoms with Crippen LogP contribution in [0.25, 0.3) is 6.08 Å². The Kier molecular flexibility index (Phi) is 4.60. The Morgan fingerprint density at radius 2 is 1.88 bits per heavy atom. The molecule has 1 saturated heterocycles. The van der Waals surface area contributed by atoms with Crippen LogP contribution in [0.3, 0.4) is 0 Å². The van der Waals surface area contributed by atoms with Crippen molar-refractivity contribution in [1.29, 1.82) is 0 Å². The van der Waals surface area contributed by atoms with Crippen LogP contribution in [0.15, 0.2) is 51.8 Å². The predicted octanol–water partition coefficient (Wildman–Crippen LogP) is 4.28. The van der Waals surface area contributed by atoms with Gasteiger partial charge in [0.25, 0.3) is 11.1 Å². The van der Waals surface area contributed by atoms with Gasteiger partial charge in [0.15, 0.2) is 11.5 Å². The van der Waals surface area contributed by atoms with Crippen LogP contribution in [0.4, 0.5) is 10.5 Å². The van der Waals surface area contributed by atoms with E-state index in [0.29, 0.717) is 16.4 Å². The van der Waals surface area contributed by atoms with Crippen LogP contribution in [0.2, 0.25) is 0 Å². The first-order valence-corrected chi connectivity index (χ1v) is 9.35. The Bertz CT molecular complexity index is 914. The number of nitrogens with zero attached hydrogens (tertiary/aromatic N) is 1. The van der Waals surface area contributed by atoms with Crippen LogP contribution in [-0.4, -0.2) is 29.5 Å². The van der Waals surface area contributed by atoms with Crippen molar-refractivity contribution in [2.45, 2.75) is 0 Å². The molecule has 2 aromatic carbocycles. The number of hydrogen-bond donors (Lipinski definition) is 1. The number of rotatable bonds is 4. The third kappa shape index (κ3) is 3.42. The fourth-order valence-corrected chi connectivity index (χ4v) is 3.63. The second-order valence-electron chi connectivity index (χ2n) is 5.56. The Hall–Kier alpha value is -2.45. The lowest BCUT2D eigenvalue weighted by Gasteiger charge is -2.14. The molecule has 2 aliphatic heterocycles. The highest BCUT2D eigenvalue weighted by Crippen LogP contribution is 2.36. The van der Waals surface area contributed by atoms with Crippen LogP contribution in [0.1, 0.15) is 5.56 Å². The maximum atomic E-state index is 12.5. The summed E-state index contributed by atoms with van der Waals surface area (Å²) in [5.74, 6) is 0.992. The summed E-state index contributed by atoms with van der Waals surface area (Å²) in [6.45, 7) is 0.307. The molecule has 1 fully saturated rings. The highest BCUT2D eigenvalue weighted by molar-refractivity contribution is 9.10. The van der Waals surface area contributed by atoms with Gasteiger partial charge < -0.3 is 14.8 Å². The van der Waals surface area contributed by atoms with E-state index in [9.17, 15) is 9.59 Å². The van der Waals surface area contributed by atoms with Crippen molar-refractivity contribution in [3.05, 3.63) is 57.4 Å². The Morgan fingerprint density at radius 1 is 1.12 bits per heavy atom. The zero-order chi connectivity index (χ0) is 18.1. The minimum absolute atomic E-state index is 0.116. The molecule has 26 heavy (non-hydrogen) atoms. The van der Waals surface area contributed by atoms with Crippen LogP contribution in [-0.2, 0) is 4.79 Å². The molecule has 0 atom stereocenters. The largest absolute Gasteiger partial charge is 0.454 e. The number of anilines is 1. The van der Waals surface area contributed by atoms with E-state index in [1.54, 1.807) is 18.2 Å². The second-order valence-corrected chi connectivity index (χ2v) is 7.47. The normalized spacial score (nSPS) is 17.3. The second kappa shape index (κ2) is 7.05. The van der Waals surface area contributed by atoms with E-state index in [1.165, 1.54) is 4.90 Å². The van der Waals surface area contributed by atoms with Crippen molar-refractivity contribution < 1.29 is 19.1 Å². The Labute approximate surface area is 162 Å². The van der Waals surface area contributed by atoms with E-state index >= 15 is 0 Å². The zero-order valence-electron chi connectivity index (χ0n) is 13.4. The first kappa shape index (κ1) is 17.0. The predicted molar refractivity (Wildman–Crippen MR) is 103 cm³/mol. The number of nitrogens with one attached hydrogen (secondary N) is 1. The lowest BCUT2D eigenvalue weighted by atomic mass is 10.2. The van der Waals surface area contributed by atoms with Gasteiger partial charge in [0, 0.05) is 10.2 Å². The Morgan fingerprint density at radius 3 is 2.69 bits per heavy atom. The molecule has 2 aromatic rings. The van der Waals surface area contributed by atoms with Gasteiger partial charge in [-0.25, -0.2) is 0 Å². The van der Waals surface area contributed by atoms with Crippen LogP contribution < -0.4 is 14.8 Å². The van der Waals surface area contributed by atoms with E-state index in [0.717, 1.165) is 27.5 Å². The van der Waals surface area contributed by atoms with Crippen molar-refractivity contribution in [3.63, 3.8) is 0 Å². The van der Waals surface area contributed by atoms with E-state index in [-0.39, 0.29) is 24.6 Å². The van der Waals surface area contributed by atoms with Gasteiger partial charge >= 0.3 is 0 Å². The molecule has 2 aliphatic rings. The van der Waals surface area contributed by atoms with Gasteiger partial charge in [-0.1, -0.05) is 22.0 Å². The lowest BCUT2D eigenvalue weighted by molar-refractivity contribution is -0.122. The third-order valence-corrected chi connectivity index (χ3v) is 5.29. The van der Waals surface area contributed by atoms with Crippen LogP contribution >= 0.6 is 27.7 Å². The number of carbonyl (C=O) groups excluding carboxylic acids is 2. The zero-order valence-corrected chi connectivity index (χ0v) is 15.8. The standard InChI is InChI=1S/C18H13BrN2O4S/c19-12-2-4-13(5-3-12)20-9-21-17(22)16(26-18(21)23)8-11-1-6-14-15(7-11)25-10-24-14/h1-8,20H,9-10H2/b16-8-. The van der Waals surface area contributed by atoms with Gasteiger partial charge in [-0.05, 0) is 59.8 Å². The molecular weight excluding hydrogens is 420 g/mol. The first-order valence-electron chi connectivity index (χ1n) is 7.74. The molecule has 0 bridgehead atoms. The van der Waals surface area contributed by atoms with Crippen molar-refractivity contribution in [3.8, 4) is 11.5 Å². The molecular formula is C18H13BrN2O4S. The fraction of sp³-hybridized carbons (Fsp3) is 0.111. The van der Waals surface area contributed by atoms with Gasteiger partial charge in [0.05, 0.1) is 11.6 Å². The van der Waals surface area contributed by atoms with Crippen molar-refractivity contribution in [1.82, 2.24) is 4.90 Å². The van der Waals surface area contributed by atoms with Crippen LogP contribution in [0.5, 0.6) is 11.5 Å². The number of benzene rings is 2. The molecule has 6 nitrogen and oxygen atoms in total. The third-order valence-electron chi connectivity index (χ3n) is 3.85. The summed E-state index contributed by atoms with van der Waals surface area (Å²) in [5, 5.41) is 2.78. The highest BCUT2D eigenvalue weighted by Gasteiger charge is 2.34. The number of fused-ring (bicyclic) bond motifs is 1. The van der Waals surface area contributed by atoms with Crippen molar-refractivity contribution in [2.75, 3.05) is 18.8 Å². The average molecular weight is 433 g/mol. The number of hydrogen-bond acceptors (Lipinski definition) is 6. The molecule has 0 aliphatic carbocycles. The van der Waals surface area contributed by atoms with Gasteiger partial charge in [0.2, 0.25) is 6.79 Å². The average Bonchev–Trinajstić information content (AvgIpc) is 3.20. The SMILES string of the molecule is O=C1S/C(=C\c2ccc3c(c2)OCO3)C(=O)N1CNc1ccc(Br)cc1. The minimum atomic E-state index is -0.317. The summed E-state index contributed by atoms with van der Waals surface area (Å²) in [4.78, 5) is 26.3. The molecule has 0 radical (unpaired) electrons. The van der Waals surface area contributed by atoms with E-state index in [2.05, 4.69) is 21.2 Å². The first-order chi connectivity index (χ1) is 12.6. The summed E-state index contributed by atoms with van der Waals surface area (Å²) in [7, 11) is 0. The smallest absolute Gasteiger partial charge is 0.295 e. The summed E-state index contributed by atoms with van der Waals surface area (Å²) in [6.07, 6.45) is 1.69. The lowest BCUT2D eigenvalue weighted by Crippen LogP contribution is -2.33. The number of carbonyl (C=O) groups is 2. The molecule has 2 amide bonds. The summed E-state index contributed by atoms with van der Waals surface area (Å²) in [6, 6.07) is 12.9. The quantitative estimate of drug-likeness (QED) is 0.726. The number of halogens is 1. The maximum Gasteiger partial charge on any atom is 0.295 e. The molecule has 0 saturated carbocycles. The van der Waals surface area contributed by atoms with E-state index in [4.69, 9.17) is 9.47 Å². The maximum absolute atomic E-state index is 12.5. The molecule has 0 unspecified atom stereocenters. The molecule has 1 N–H and O–H groups in total. The summed E-state index contributed by atoms with van der Waals surface area (Å²) < 4.78 is 11.6. The number of imide groups is 1. The number of ether oxygens (including phenoxy) is 2. The topological polar surface area (TPSA) is 67.9 Å². The van der Waals surface area contributed by atoms with Gasteiger partial charge in [0.1, 0.15) is 0 Å². The van der Waals surface area contributed by atoms with E-state index < -0.39 is 0 Å².